The molecule has 1 unspecified atom stereocenters. The van der Waals surface area contributed by atoms with Crippen LogP contribution in [0.15, 0.2) is 24.4 Å². The minimum absolute atomic E-state index is 0.138. The molecule has 0 aromatic carbocycles. The molecular formula is C21H27N9O. The van der Waals surface area contributed by atoms with E-state index in [1.165, 1.54) is 0 Å². The molecule has 4 aromatic rings. The zero-order valence-corrected chi connectivity index (χ0v) is 18.1. The number of hydrogen-bond donors (Lipinski definition) is 2. The maximum absolute atomic E-state index is 9.96. The molecule has 162 valence electrons. The van der Waals surface area contributed by atoms with Crippen molar-refractivity contribution < 1.29 is 4.79 Å². The Kier molecular flexibility index (Phi) is 5.32. The van der Waals surface area contributed by atoms with Crippen molar-refractivity contribution in [2.75, 3.05) is 25.1 Å². The summed E-state index contributed by atoms with van der Waals surface area (Å²) in [5, 5.41) is 4.15. The molecule has 4 aromatic heterocycles. The summed E-state index contributed by atoms with van der Waals surface area (Å²) in [5.41, 5.74) is 15.8. The van der Waals surface area contributed by atoms with Gasteiger partial charge in [0.2, 0.25) is 5.95 Å². The van der Waals surface area contributed by atoms with Crippen molar-refractivity contribution in [2.45, 2.75) is 39.3 Å². The van der Waals surface area contributed by atoms with Gasteiger partial charge < -0.3 is 20.8 Å². The van der Waals surface area contributed by atoms with Crippen molar-refractivity contribution in [3.05, 3.63) is 30.2 Å². The van der Waals surface area contributed by atoms with Gasteiger partial charge in [0.05, 0.1) is 11.7 Å². The lowest BCUT2D eigenvalue weighted by atomic mass is 10.1. The number of likely N-dealkylation sites (N-methyl/N-ethyl adjacent to an activating group) is 1. The SMILES string of the molecule is CN1CCC1C=O.Cc1nc2ccc(-c3ccn4nc(N)nc(N)c34)nc2n1C(C)C. The first-order valence-electron chi connectivity index (χ1n) is 10.2. The summed E-state index contributed by atoms with van der Waals surface area (Å²) < 4.78 is 3.75. The molecule has 1 aliphatic rings. The van der Waals surface area contributed by atoms with Gasteiger partial charge in [-0.25, -0.2) is 14.5 Å². The Labute approximate surface area is 179 Å². The summed E-state index contributed by atoms with van der Waals surface area (Å²) in [5.74, 6) is 1.42. The molecule has 1 aliphatic heterocycles. The van der Waals surface area contributed by atoms with Gasteiger partial charge in [0, 0.05) is 24.3 Å². The van der Waals surface area contributed by atoms with Gasteiger partial charge in [-0.15, -0.1) is 5.10 Å². The number of aryl methyl sites for hydroxylation is 1. The van der Waals surface area contributed by atoms with Crippen molar-refractivity contribution in [3.8, 4) is 11.3 Å². The molecule has 0 aliphatic carbocycles. The van der Waals surface area contributed by atoms with Crippen LogP contribution in [0.3, 0.4) is 0 Å². The monoisotopic (exact) mass is 421 g/mol. The van der Waals surface area contributed by atoms with E-state index in [4.69, 9.17) is 16.5 Å². The predicted octanol–water partition coefficient (Wildman–Crippen LogP) is 2.08. The van der Waals surface area contributed by atoms with Gasteiger partial charge in [0.1, 0.15) is 23.1 Å². The number of carbonyl (C=O) groups is 1. The van der Waals surface area contributed by atoms with E-state index in [0.717, 1.165) is 47.5 Å². The summed E-state index contributed by atoms with van der Waals surface area (Å²) >= 11 is 0. The predicted molar refractivity (Wildman–Crippen MR) is 121 cm³/mol. The summed E-state index contributed by atoms with van der Waals surface area (Å²) in [7, 11) is 1.96. The number of aromatic nitrogens is 6. The first-order chi connectivity index (χ1) is 14.8. The van der Waals surface area contributed by atoms with Crippen LogP contribution in [0.2, 0.25) is 0 Å². The highest BCUT2D eigenvalue weighted by Gasteiger charge is 2.22. The third kappa shape index (κ3) is 3.70. The molecule has 4 N–H and O–H groups in total. The number of nitrogen functional groups attached to an aromatic ring is 2. The molecule has 0 bridgehead atoms. The number of fused-ring (bicyclic) bond motifs is 2. The number of carbonyl (C=O) groups excluding carboxylic acids is 1. The van der Waals surface area contributed by atoms with Crippen molar-refractivity contribution in [2.24, 2.45) is 0 Å². The largest absolute Gasteiger partial charge is 0.382 e. The van der Waals surface area contributed by atoms with Crippen molar-refractivity contribution in [1.82, 2.24) is 34.0 Å². The first-order valence-corrected chi connectivity index (χ1v) is 10.2. The molecule has 1 atom stereocenters. The van der Waals surface area contributed by atoms with E-state index in [1.54, 1.807) is 10.7 Å². The second kappa shape index (κ2) is 7.95. The first kappa shape index (κ1) is 20.7. The molecule has 1 saturated heterocycles. The lowest BCUT2D eigenvalue weighted by Gasteiger charge is -2.33. The van der Waals surface area contributed by atoms with Crippen LogP contribution in [0.25, 0.3) is 27.9 Å². The zero-order chi connectivity index (χ0) is 22.3. The maximum Gasteiger partial charge on any atom is 0.240 e. The Bertz CT molecular complexity index is 1260. The Morgan fingerprint density at radius 3 is 2.52 bits per heavy atom. The van der Waals surface area contributed by atoms with Gasteiger partial charge in [-0.05, 0) is 52.4 Å². The van der Waals surface area contributed by atoms with Crippen LogP contribution in [0, 0.1) is 6.92 Å². The van der Waals surface area contributed by atoms with Crippen LogP contribution in [0.4, 0.5) is 11.8 Å². The summed E-state index contributed by atoms with van der Waals surface area (Å²) in [4.78, 5) is 25.4. The van der Waals surface area contributed by atoms with E-state index in [2.05, 4.69) is 33.5 Å². The normalized spacial score (nSPS) is 16.4. The van der Waals surface area contributed by atoms with Gasteiger partial charge in [-0.3, -0.25) is 4.90 Å². The number of nitrogens with two attached hydrogens (primary N) is 2. The van der Waals surface area contributed by atoms with Crippen LogP contribution in [-0.2, 0) is 4.79 Å². The van der Waals surface area contributed by atoms with Gasteiger partial charge in [-0.2, -0.15) is 4.98 Å². The smallest absolute Gasteiger partial charge is 0.240 e. The van der Waals surface area contributed by atoms with Crippen LogP contribution < -0.4 is 11.5 Å². The van der Waals surface area contributed by atoms with Gasteiger partial charge in [0.25, 0.3) is 0 Å². The fourth-order valence-corrected chi connectivity index (χ4v) is 3.84. The quantitative estimate of drug-likeness (QED) is 0.480. The molecule has 0 saturated carbocycles. The molecule has 5 heterocycles. The second-order valence-electron chi connectivity index (χ2n) is 8.01. The molecule has 5 rings (SSSR count). The third-order valence-corrected chi connectivity index (χ3v) is 5.56. The molecule has 0 spiro atoms. The van der Waals surface area contributed by atoms with E-state index < -0.39 is 0 Å². The standard InChI is InChI=1S/C16H18N8.C5H9NO/c1-8(2)24-9(3)19-12-5-4-11(20-15(12)24)10-6-7-23-13(10)14(17)21-16(18)22-23;1-6-3-2-5(6)4-7/h4-8H,1-3H3,(H4,17,18,21,22);4-5H,2-3H2,1H3. The summed E-state index contributed by atoms with van der Waals surface area (Å²) in [6.07, 6.45) is 3.86. The van der Waals surface area contributed by atoms with Crippen molar-refractivity contribution in [3.63, 3.8) is 0 Å². The Morgan fingerprint density at radius 2 is 1.94 bits per heavy atom. The topological polar surface area (TPSA) is 133 Å². The van der Waals surface area contributed by atoms with E-state index >= 15 is 0 Å². The van der Waals surface area contributed by atoms with E-state index in [1.807, 2.05) is 37.1 Å². The highest BCUT2D eigenvalue weighted by Crippen LogP contribution is 2.29. The van der Waals surface area contributed by atoms with Gasteiger partial charge >= 0.3 is 0 Å². The van der Waals surface area contributed by atoms with Crippen LogP contribution >= 0.6 is 0 Å². The molecule has 10 nitrogen and oxygen atoms in total. The number of nitrogens with zero attached hydrogens (tertiary/aromatic N) is 7. The maximum atomic E-state index is 9.96. The average Bonchev–Trinajstić information content (AvgIpc) is 3.27. The minimum Gasteiger partial charge on any atom is -0.382 e. The number of likely N-dealkylation sites (tertiary alicyclic amines) is 1. The van der Waals surface area contributed by atoms with E-state index in [0.29, 0.717) is 11.3 Å². The molecule has 1 fully saturated rings. The lowest BCUT2D eigenvalue weighted by molar-refractivity contribution is -0.115. The molecule has 31 heavy (non-hydrogen) atoms. The van der Waals surface area contributed by atoms with Crippen molar-refractivity contribution >= 4 is 34.7 Å². The number of rotatable bonds is 3. The number of hydrogen-bond acceptors (Lipinski definition) is 8. The van der Waals surface area contributed by atoms with Gasteiger partial charge in [0.15, 0.2) is 11.5 Å². The second-order valence-corrected chi connectivity index (χ2v) is 8.01. The highest BCUT2D eigenvalue weighted by atomic mass is 16.1. The van der Waals surface area contributed by atoms with Crippen LogP contribution in [0.5, 0.6) is 0 Å². The van der Waals surface area contributed by atoms with Crippen LogP contribution in [0.1, 0.15) is 32.1 Å². The molecule has 0 amide bonds. The molecule has 10 heteroatoms. The summed E-state index contributed by atoms with van der Waals surface area (Å²) in [6.45, 7) is 7.31. The van der Waals surface area contributed by atoms with E-state index in [9.17, 15) is 4.79 Å². The lowest BCUT2D eigenvalue weighted by Crippen LogP contribution is -2.45. The number of imidazole rings is 1. The minimum atomic E-state index is 0.138. The Hall–Kier alpha value is -3.53. The number of aldehydes is 1. The number of pyridine rings is 1. The van der Waals surface area contributed by atoms with Crippen LogP contribution in [-0.4, -0.2) is 60.0 Å². The molecular weight excluding hydrogens is 394 g/mol. The zero-order valence-electron chi connectivity index (χ0n) is 18.1. The van der Waals surface area contributed by atoms with E-state index in [-0.39, 0.29) is 18.0 Å². The Morgan fingerprint density at radius 1 is 1.16 bits per heavy atom. The van der Waals surface area contributed by atoms with Crippen molar-refractivity contribution in [1.29, 1.82) is 0 Å². The average molecular weight is 422 g/mol. The van der Waals surface area contributed by atoms with Gasteiger partial charge in [-0.1, -0.05) is 0 Å². The molecule has 0 radical (unpaired) electrons. The third-order valence-electron chi connectivity index (χ3n) is 5.56. The summed E-state index contributed by atoms with van der Waals surface area (Å²) in [6, 6.07) is 6.33. The Balaban J connectivity index is 0.000000282. The fraction of sp³-hybridized carbons (Fsp3) is 0.381. The highest BCUT2D eigenvalue weighted by molar-refractivity contribution is 5.88. The number of anilines is 2. The fourth-order valence-electron chi connectivity index (χ4n) is 3.84.